The van der Waals surface area contributed by atoms with Gasteiger partial charge in [0.25, 0.3) is 5.91 Å². The van der Waals surface area contributed by atoms with Gasteiger partial charge < -0.3 is 19.9 Å². The highest BCUT2D eigenvalue weighted by atomic mass is 19.4. The Hall–Kier alpha value is -2.63. The summed E-state index contributed by atoms with van der Waals surface area (Å²) in [5.41, 5.74) is 0.591. The minimum Gasteiger partial charge on any atom is -0.465 e. The van der Waals surface area contributed by atoms with E-state index in [2.05, 4.69) is 5.32 Å². The number of hydrazine groups is 1. The molecule has 11 heteroatoms. The molecule has 2 rings (SSSR count). The zero-order valence-electron chi connectivity index (χ0n) is 13.2. The Kier molecular flexibility index (Phi) is 6.18. The van der Waals surface area contributed by atoms with Gasteiger partial charge in [-0.15, -0.1) is 0 Å². The molecule has 0 aliphatic carbocycles. The van der Waals surface area contributed by atoms with Crippen molar-refractivity contribution in [2.45, 2.75) is 18.5 Å². The number of benzene rings is 1. The van der Waals surface area contributed by atoms with E-state index in [1.165, 1.54) is 6.08 Å². The number of carbonyl (C=O) groups is 2. The van der Waals surface area contributed by atoms with E-state index in [1.54, 1.807) is 0 Å². The lowest BCUT2D eigenvalue weighted by molar-refractivity contribution is -0.161. The highest BCUT2D eigenvalue weighted by molar-refractivity contribution is 5.94. The van der Waals surface area contributed by atoms with Gasteiger partial charge in [0.2, 0.25) is 0 Å². The smallest absolute Gasteiger partial charge is 0.416 e. The molecule has 0 aromatic heterocycles. The van der Waals surface area contributed by atoms with Gasteiger partial charge in [0.05, 0.1) is 24.8 Å². The van der Waals surface area contributed by atoms with E-state index in [0.717, 1.165) is 24.3 Å². The van der Waals surface area contributed by atoms with Crippen LogP contribution in [0.4, 0.5) is 18.0 Å². The van der Waals surface area contributed by atoms with E-state index in [4.69, 9.17) is 20.4 Å². The fraction of sp³-hybridized carbons (Fsp3) is 0.333. The number of nitrogens with one attached hydrogen (secondary N) is 2. The Bertz CT molecular complexity index is 700. The molecule has 1 saturated heterocycles. The van der Waals surface area contributed by atoms with Crippen LogP contribution >= 0.6 is 0 Å². The second-order valence-corrected chi connectivity index (χ2v) is 5.31. The first-order valence-corrected chi connectivity index (χ1v) is 7.33. The summed E-state index contributed by atoms with van der Waals surface area (Å²) in [7, 11) is 0. The molecule has 2 amide bonds. The molecule has 1 fully saturated rings. The van der Waals surface area contributed by atoms with Crippen molar-refractivity contribution in [1.82, 2.24) is 10.7 Å². The molecule has 1 aliphatic rings. The lowest BCUT2D eigenvalue weighted by Crippen LogP contribution is -2.46. The Morgan fingerprint density at radius 1 is 1.27 bits per heavy atom. The Labute approximate surface area is 145 Å². The first-order valence-electron chi connectivity index (χ1n) is 7.33. The van der Waals surface area contributed by atoms with E-state index < -0.39 is 36.1 Å². The normalized spacial score (nSPS) is 20.8. The fourth-order valence-corrected chi connectivity index (χ4v) is 2.25. The van der Waals surface area contributed by atoms with Gasteiger partial charge in [-0.05, 0) is 29.8 Å². The molecule has 0 radical (unpaired) electrons. The molecule has 1 aromatic rings. The molecule has 0 atom stereocenters. The average molecular weight is 375 g/mol. The van der Waals surface area contributed by atoms with Crippen molar-refractivity contribution in [3.63, 3.8) is 0 Å². The minimum absolute atomic E-state index is 0.00303. The zero-order chi connectivity index (χ0) is 19.3. The van der Waals surface area contributed by atoms with Gasteiger partial charge in [-0.25, -0.2) is 10.6 Å². The largest absolute Gasteiger partial charge is 0.465 e. The van der Waals surface area contributed by atoms with Gasteiger partial charge >= 0.3 is 12.3 Å². The van der Waals surface area contributed by atoms with Crippen LogP contribution in [0.5, 0.6) is 0 Å². The Morgan fingerprint density at radius 2 is 1.92 bits per heavy atom. The number of alkyl halides is 3. The monoisotopic (exact) mass is 375 g/mol. The van der Waals surface area contributed by atoms with Crippen LogP contribution in [0.3, 0.4) is 0 Å². The molecule has 142 valence electrons. The van der Waals surface area contributed by atoms with E-state index in [9.17, 15) is 22.8 Å². The summed E-state index contributed by atoms with van der Waals surface area (Å²) in [6.07, 6.45) is -4.45. The number of rotatable bonds is 4. The van der Waals surface area contributed by atoms with Crippen LogP contribution in [-0.2, 0) is 15.7 Å². The standard InChI is InChI=1S/C15H16F3N3O5/c16-15(17,18)11-3-1-9(13(22)21-19)5-8(11)2-4-12-25-6-10(7-26-12)20-14(23)24/h1-5,10,12,20H,6-7,19H2,(H,21,22)(H,23,24)/b4-2+. The number of hydrogen-bond donors (Lipinski definition) is 4. The fourth-order valence-electron chi connectivity index (χ4n) is 2.25. The van der Waals surface area contributed by atoms with Gasteiger partial charge in [0, 0.05) is 5.56 Å². The van der Waals surface area contributed by atoms with Gasteiger partial charge in [0.15, 0.2) is 6.29 Å². The number of nitrogen functional groups attached to an aromatic ring is 1. The van der Waals surface area contributed by atoms with Crippen molar-refractivity contribution in [3.8, 4) is 0 Å². The van der Waals surface area contributed by atoms with Crippen LogP contribution in [0.15, 0.2) is 24.3 Å². The van der Waals surface area contributed by atoms with Crippen LogP contribution in [0.2, 0.25) is 0 Å². The minimum atomic E-state index is -4.62. The summed E-state index contributed by atoms with van der Waals surface area (Å²) in [4.78, 5) is 22.0. The molecule has 0 unspecified atom stereocenters. The van der Waals surface area contributed by atoms with E-state index in [1.807, 2.05) is 5.43 Å². The van der Waals surface area contributed by atoms with Crippen LogP contribution < -0.4 is 16.6 Å². The van der Waals surface area contributed by atoms with Crippen LogP contribution in [-0.4, -0.2) is 42.7 Å². The van der Waals surface area contributed by atoms with Gasteiger partial charge in [-0.2, -0.15) is 13.2 Å². The predicted octanol–water partition coefficient (Wildman–Crippen LogP) is 1.33. The molecule has 26 heavy (non-hydrogen) atoms. The summed E-state index contributed by atoms with van der Waals surface area (Å²) in [6.45, 7) is 0.00606. The number of ether oxygens (including phenoxy) is 2. The third kappa shape index (κ3) is 5.18. The van der Waals surface area contributed by atoms with Gasteiger partial charge in [0.1, 0.15) is 0 Å². The van der Waals surface area contributed by atoms with Crippen molar-refractivity contribution >= 4 is 18.1 Å². The second kappa shape index (κ2) is 8.17. The van der Waals surface area contributed by atoms with Crippen molar-refractivity contribution in [3.05, 3.63) is 41.0 Å². The maximum absolute atomic E-state index is 13.1. The molecule has 1 heterocycles. The summed E-state index contributed by atoms with van der Waals surface area (Å²) < 4.78 is 49.8. The first-order chi connectivity index (χ1) is 12.2. The van der Waals surface area contributed by atoms with Crippen LogP contribution in [0, 0.1) is 0 Å². The lowest BCUT2D eigenvalue weighted by atomic mass is 10.0. The molecule has 0 spiro atoms. The zero-order valence-corrected chi connectivity index (χ0v) is 13.2. The predicted molar refractivity (Wildman–Crippen MR) is 82.8 cm³/mol. The van der Waals surface area contributed by atoms with E-state index >= 15 is 0 Å². The lowest BCUT2D eigenvalue weighted by Gasteiger charge is -2.27. The van der Waals surface area contributed by atoms with Crippen molar-refractivity contribution < 1.29 is 37.3 Å². The van der Waals surface area contributed by atoms with Gasteiger partial charge in [-0.1, -0.05) is 6.08 Å². The topological polar surface area (TPSA) is 123 Å². The highest BCUT2D eigenvalue weighted by Crippen LogP contribution is 2.33. The third-order valence-electron chi connectivity index (χ3n) is 3.43. The number of carbonyl (C=O) groups excluding carboxylic acids is 1. The number of nitrogens with two attached hydrogens (primary N) is 1. The molecule has 1 aromatic carbocycles. The molecule has 0 saturated carbocycles. The molecule has 1 aliphatic heterocycles. The molecule has 0 bridgehead atoms. The van der Waals surface area contributed by atoms with Crippen LogP contribution in [0.1, 0.15) is 21.5 Å². The maximum atomic E-state index is 13.1. The second-order valence-electron chi connectivity index (χ2n) is 5.31. The molecule has 8 nitrogen and oxygen atoms in total. The summed E-state index contributed by atoms with van der Waals surface area (Å²) in [6, 6.07) is 2.26. The number of halogens is 3. The molecule has 5 N–H and O–H groups in total. The Balaban J connectivity index is 2.15. The summed E-state index contributed by atoms with van der Waals surface area (Å²) in [5, 5.41) is 10.8. The third-order valence-corrected chi connectivity index (χ3v) is 3.43. The average Bonchev–Trinajstić information content (AvgIpc) is 2.59. The maximum Gasteiger partial charge on any atom is 0.416 e. The molecular weight excluding hydrogens is 359 g/mol. The van der Waals surface area contributed by atoms with Crippen molar-refractivity contribution in [2.24, 2.45) is 5.84 Å². The number of carboxylic acid groups (broad SMARTS) is 1. The van der Waals surface area contributed by atoms with E-state index in [-0.39, 0.29) is 24.3 Å². The van der Waals surface area contributed by atoms with Crippen molar-refractivity contribution in [1.29, 1.82) is 0 Å². The SMILES string of the molecule is NNC(=O)c1ccc(C(F)(F)F)c(/C=C/C2OCC(NC(=O)O)CO2)c1. The highest BCUT2D eigenvalue weighted by Gasteiger charge is 2.33. The van der Waals surface area contributed by atoms with E-state index in [0.29, 0.717) is 0 Å². The first kappa shape index (κ1) is 19.7. The number of amides is 2. The summed E-state index contributed by atoms with van der Waals surface area (Å²) >= 11 is 0. The molecular formula is C15H16F3N3O5. The Morgan fingerprint density at radius 3 is 2.46 bits per heavy atom. The number of hydrogen-bond acceptors (Lipinski definition) is 5. The van der Waals surface area contributed by atoms with Gasteiger partial charge in [-0.3, -0.25) is 10.2 Å². The van der Waals surface area contributed by atoms with Crippen molar-refractivity contribution in [2.75, 3.05) is 13.2 Å². The summed E-state index contributed by atoms with van der Waals surface area (Å²) in [5.74, 6) is 4.25. The quantitative estimate of drug-likeness (QED) is 0.358. The van der Waals surface area contributed by atoms with Crippen LogP contribution in [0.25, 0.3) is 6.08 Å².